The van der Waals surface area contributed by atoms with E-state index in [4.69, 9.17) is 9.72 Å². The van der Waals surface area contributed by atoms with Crippen LogP contribution in [0, 0.1) is 13.8 Å². The largest absolute Gasteiger partial charge is 0.494 e. The molecule has 0 fully saturated rings. The van der Waals surface area contributed by atoms with Crippen LogP contribution in [0.25, 0.3) is 15.9 Å². The highest BCUT2D eigenvalue weighted by atomic mass is 32.2. The van der Waals surface area contributed by atoms with Gasteiger partial charge in [-0.1, -0.05) is 54.9 Å². The summed E-state index contributed by atoms with van der Waals surface area (Å²) < 4.78 is 7.34. The summed E-state index contributed by atoms with van der Waals surface area (Å²) in [6.45, 7) is 8.87. The zero-order valence-electron chi connectivity index (χ0n) is 19.0. The number of thiophene rings is 1. The fraction of sp³-hybridized carbons (Fsp3) is 0.308. The number of hydrogen-bond donors (Lipinski definition) is 0. The summed E-state index contributed by atoms with van der Waals surface area (Å²) >= 11 is 3.26. The third-order valence-electron chi connectivity index (χ3n) is 5.40. The van der Waals surface area contributed by atoms with Crippen LogP contribution in [0.4, 0.5) is 0 Å². The number of ether oxygens (including phenoxy) is 1. The minimum atomic E-state index is 0.00155. The van der Waals surface area contributed by atoms with E-state index in [-0.39, 0.29) is 5.56 Å². The van der Waals surface area contributed by atoms with Gasteiger partial charge in [-0.2, -0.15) is 0 Å². The number of aryl methyl sites for hydroxylation is 3. The molecule has 32 heavy (non-hydrogen) atoms. The molecule has 0 aliphatic rings. The Balaban J connectivity index is 1.82. The number of aromatic nitrogens is 2. The maximum absolute atomic E-state index is 13.7. The Morgan fingerprint density at radius 2 is 1.75 bits per heavy atom. The van der Waals surface area contributed by atoms with Crippen molar-refractivity contribution in [3.05, 3.63) is 80.5 Å². The van der Waals surface area contributed by atoms with E-state index in [9.17, 15) is 4.79 Å². The summed E-state index contributed by atoms with van der Waals surface area (Å²) in [5.41, 5.74) is 4.33. The predicted molar refractivity (Wildman–Crippen MR) is 136 cm³/mol. The van der Waals surface area contributed by atoms with Crippen molar-refractivity contribution in [2.24, 2.45) is 0 Å². The first kappa shape index (κ1) is 22.6. The molecule has 2 aromatic heterocycles. The summed E-state index contributed by atoms with van der Waals surface area (Å²) in [5.74, 6) is 1.55. The van der Waals surface area contributed by atoms with Gasteiger partial charge >= 0.3 is 0 Å². The Kier molecular flexibility index (Phi) is 7.01. The van der Waals surface area contributed by atoms with Crippen LogP contribution >= 0.6 is 23.1 Å². The third kappa shape index (κ3) is 4.62. The molecule has 166 valence electrons. The van der Waals surface area contributed by atoms with Crippen molar-refractivity contribution in [1.82, 2.24) is 9.55 Å². The second-order valence-electron chi connectivity index (χ2n) is 7.82. The van der Waals surface area contributed by atoms with Gasteiger partial charge in [0.25, 0.3) is 5.56 Å². The van der Waals surface area contributed by atoms with E-state index in [0.717, 1.165) is 51.0 Å². The zero-order valence-corrected chi connectivity index (χ0v) is 20.6. The van der Waals surface area contributed by atoms with Gasteiger partial charge in [0.05, 0.1) is 17.7 Å². The molecule has 2 heterocycles. The van der Waals surface area contributed by atoms with Crippen LogP contribution < -0.4 is 10.3 Å². The van der Waals surface area contributed by atoms with Gasteiger partial charge in [0.1, 0.15) is 10.6 Å². The molecule has 4 aromatic rings. The fourth-order valence-corrected chi connectivity index (χ4v) is 5.98. The molecule has 0 unspecified atom stereocenters. The average molecular weight is 465 g/mol. The molecule has 0 aliphatic carbocycles. The van der Waals surface area contributed by atoms with E-state index in [0.29, 0.717) is 6.61 Å². The Bertz CT molecular complexity index is 1270. The van der Waals surface area contributed by atoms with Gasteiger partial charge in [0.15, 0.2) is 5.16 Å². The molecule has 0 N–H and O–H groups in total. The van der Waals surface area contributed by atoms with Crippen LogP contribution in [-0.4, -0.2) is 16.2 Å². The molecular weight excluding hydrogens is 436 g/mol. The van der Waals surface area contributed by atoms with Crippen LogP contribution in [0.2, 0.25) is 0 Å². The first-order chi connectivity index (χ1) is 15.5. The summed E-state index contributed by atoms with van der Waals surface area (Å²) in [5, 5.41) is 1.46. The second kappa shape index (κ2) is 9.92. The summed E-state index contributed by atoms with van der Waals surface area (Å²) in [6, 6.07) is 16.2. The molecular formula is C26H28N2O2S2. The molecule has 0 spiro atoms. The molecule has 4 rings (SSSR count). The van der Waals surface area contributed by atoms with E-state index >= 15 is 0 Å². The SMILES string of the molecule is CCCc1sc2nc(SCc3ccc(C)cc3)n(-c3ccc(OCC)cc3)c(=O)c2c1C. The maximum atomic E-state index is 13.7. The number of benzene rings is 2. The normalized spacial score (nSPS) is 11.2. The lowest BCUT2D eigenvalue weighted by molar-refractivity contribution is 0.340. The minimum Gasteiger partial charge on any atom is -0.494 e. The van der Waals surface area contributed by atoms with Crippen molar-refractivity contribution in [2.45, 2.75) is 51.4 Å². The Labute approximate surface area is 197 Å². The molecule has 0 saturated heterocycles. The Hall–Kier alpha value is -2.57. The molecule has 4 nitrogen and oxygen atoms in total. The minimum absolute atomic E-state index is 0.00155. The Morgan fingerprint density at radius 1 is 1.03 bits per heavy atom. The van der Waals surface area contributed by atoms with Gasteiger partial charge in [-0.25, -0.2) is 4.98 Å². The molecule has 0 amide bonds. The highest BCUT2D eigenvalue weighted by molar-refractivity contribution is 7.98. The molecule has 0 bridgehead atoms. The van der Waals surface area contributed by atoms with Crippen LogP contribution in [-0.2, 0) is 12.2 Å². The first-order valence-electron chi connectivity index (χ1n) is 11.0. The van der Waals surface area contributed by atoms with Crippen LogP contribution in [0.1, 0.15) is 41.8 Å². The molecule has 0 aliphatic heterocycles. The van der Waals surface area contributed by atoms with Gasteiger partial charge < -0.3 is 4.74 Å². The van der Waals surface area contributed by atoms with Crippen molar-refractivity contribution in [1.29, 1.82) is 0 Å². The van der Waals surface area contributed by atoms with Crippen molar-refractivity contribution < 1.29 is 4.74 Å². The van der Waals surface area contributed by atoms with Crippen molar-refractivity contribution in [2.75, 3.05) is 6.61 Å². The van der Waals surface area contributed by atoms with Crippen molar-refractivity contribution in [3.8, 4) is 11.4 Å². The fourth-order valence-electron chi connectivity index (χ4n) is 3.69. The monoisotopic (exact) mass is 464 g/mol. The number of nitrogens with zero attached hydrogens (tertiary/aromatic N) is 2. The predicted octanol–water partition coefficient (Wildman–Crippen LogP) is 6.71. The van der Waals surface area contributed by atoms with E-state index in [1.54, 1.807) is 27.7 Å². The first-order valence-corrected chi connectivity index (χ1v) is 12.8. The molecule has 0 atom stereocenters. The van der Waals surface area contributed by atoms with Crippen molar-refractivity contribution in [3.63, 3.8) is 0 Å². The molecule has 0 saturated carbocycles. The lowest BCUT2D eigenvalue weighted by Crippen LogP contribution is -2.21. The third-order valence-corrected chi connectivity index (χ3v) is 7.66. The Morgan fingerprint density at radius 3 is 2.41 bits per heavy atom. The highest BCUT2D eigenvalue weighted by Crippen LogP contribution is 2.32. The van der Waals surface area contributed by atoms with Gasteiger partial charge in [0.2, 0.25) is 0 Å². The summed E-state index contributed by atoms with van der Waals surface area (Å²) in [7, 11) is 0. The maximum Gasteiger partial charge on any atom is 0.267 e. The zero-order chi connectivity index (χ0) is 22.7. The number of rotatable bonds is 8. The number of fused-ring (bicyclic) bond motifs is 1. The number of thioether (sulfide) groups is 1. The van der Waals surface area contributed by atoms with Crippen molar-refractivity contribution >= 4 is 33.3 Å². The standard InChI is InChI=1S/C26H28N2O2S2/c1-5-7-22-18(4)23-24(32-22)27-26(31-16-19-10-8-17(3)9-11-19)28(25(23)29)20-12-14-21(15-13-20)30-6-2/h8-15H,5-7,16H2,1-4H3. The molecule has 0 radical (unpaired) electrons. The van der Waals surface area contributed by atoms with Gasteiger partial charge in [-0.3, -0.25) is 9.36 Å². The van der Waals surface area contributed by atoms with E-state index in [1.165, 1.54) is 16.0 Å². The van der Waals surface area contributed by atoms with E-state index < -0.39 is 0 Å². The van der Waals surface area contributed by atoms with Gasteiger partial charge in [0, 0.05) is 10.6 Å². The quantitative estimate of drug-likeness (QED) is 0.215. The summed E-state index contributed by atoms with van der Waals surface area (Å²) in [6.07, 6.45) is 2.02. The van der Waals surface area contributed by atoms with E-state index in [2.05, 4.69) is 45.0 Å². The molecule has 6 heteroatoms. The van der Waals surface area contributed by atoms with Gasteiger partial charge in [-0.15, -0.1) is 11.3 Å². The number of hydrogen-bond acceptors (Lipinski definition) is 5. The smallest absolute Gasteiger partial charge is 0.267 e. The van der Waals surface area contributed by atoms with Crippen LogP contribution in [0.5, 0.6) is 5.75 Å². The topological polar surface area (TPSA) is 44.1 Å². The lowest BCUT2D eigenvalue weighted by atomic mass is 10.1. The summed E-state index contributed by atoms with van der Waals surface area (Å²) in [4.78, 5) is 20.8. The van der Waals surface area contributed by atoms with Crippen LogP contribution in [0.3, 0.4) is 0 Å². The highest BCUT2D eigenvalue weighted by Gasteiger charge is 2.19. The van der Waals surface area contributed by atoms with Gasteiger partial charge in [-0.05, 0) is 62.6 Å². The lowest BCUT2D eigenvalue weighted by Gasteiger charge is -2.13. The second-order valence-corrected chi connectivity index (χ2v) is 9.84. The molecule has 2 aromatic carbocycles. The average Bonchev–Trinajstić information content (AvgIpc) is 3.10. The van der Waals surface area contributed by atoms with E-state index in [1.807, 2.05) is 31.2 Å². The van der Waals surface area contributed by atoms with Crippen LogP contribution in [0.15, 0.2) is 58.5 Å².